The maximum absolute atomic E-state index is 6.01. The lowest BCUT2D eigenvalue weighted by Gasteiger charge is -2.05. The molecule has 2 aromatic heterocycles. The van der Waals surface area contributed by atoms with Crippen LogP contribution < -0.4 is 5.73 Å². The Kier molecular flexibility index (Phi) is 3.05. The summed E-state index contributed by atoms with van der Waals surface area (Å²) < 4.78 is 1.76. The molecule has 112 valence electrons. The molecule has 4 rings (SSSR count). The maximum Gasteiger partial charge on any atom is 0.185 e. The van der Waals surface area contributed by atoms with E-state index in [1.807, 2.05) is 67.6 Å². The molecular weight excluding hydrogens is 286 g/mol. The van der Waals surface area contributed by atoms with Gasteiger partial charge in [-0.25, -0.2) is 0 Å². The van der Waals surface area contributed by atoms with Crippen molar-refractivity contribution in [1.82, 2.24) is 19.8 Å². The third kappa shape index (κ3) is 2.32. The first kappa shape index (κ1) is 13.5. The SMILES string of the molecule is Cc1ccc(-c2nnc3ccc(-c4ccccc4)nn23)cc1N. The molecule has 0 fully saturated rings. The lowest BCUT2D eigenvalue weighted by molar-refractivity contribution is 0.942. The summed E-state index contributed by atoms with van der Waals surface area (Å²) in [7, 11) is 0. The van der Waals surface area contributed by atoms with Crippen molar-refractivity contribution in [2.45, 2.75) is 6.92 Å². The van der Waals surface area contributed by atoms with Crippen molar-refractivity contribution in [3.8, 4) is 22.6 Å². The van der Waals surface area contributed by atoms with Crippen molar-refractivity contribution >= 4 is 11.3 Å². The third-order valence-electron chi connectivity index (χ3n) is 3.87. The van der Waals surface area contributed by atoms with E-state index in [-0.39, 0.29) is 0 Å². The molecule has 0 unspecified atom stereocenters. The fraction of sp³-hybridized carbons (Fsp3) is 0.0556. The molecule has 0 bridgehead atoms. The molecule has 5 heteroatoms. The molecule has 2 heterocycles. The van der Waals surface area contributed by atoms with Crippen molar-refractivity contribution in [3.63, 3.8) is 0 Å². The molecule has 5 nitrogen and oxygen atoms in total. The van der Waals surface area contributed by atoms with Crippen LogP contribution in [0.3, 0.4) is 0 Å². The van der Waals surface area contributed by atoms with E-state index in [4.69, 9.17) is 5.73 Å². The van der Waals surface area contributed by atoms with Gasteiger partial charge in [0, 0.05) is 16.8 Å². The van der Waals surface area contributed by atoms with Gasteiger partial charge in [-0.3, -0.25) is 0 Å². The first-order chi connectivity index (χ1) is 11.2. The number of rotatable bonds is 2. The zero-order valence-corrected chi connectivity index (χ0v) is 12.6. The topological polar surface area (TPSA) is 69.1 Å². The second-order valence-electron chi connectivity index (χ2n) is 5.45. The van der Waals surface area contributed by atoms with E-state index in [9.17, 15) is 0 Å². The Labute approximate surface area is 133 Å². The monoisotopic (exact) mass is 301 g/mol. The number of benzene rings is 2. The summed E-state index contributed by atoms with van der Waals surface area (Å²) in [6.07, 6.45) is 0. The van der Waals surface area contributed by atoms with Gasteiger partial charge < -0.3 is 5.73 Å². The van der Waals surface area contributed by atoms with Crippen molar-refractivity contribution < 1.29 is 0 Å². The summed E-state index contributed by atoms with van der Waals surface area (Å²) in [5, 5.41) is 13.1. The Morgan fingerprint density at radius 2 is 1.70 bits per heavy atom. The highest BCUT2D eigenvalue weighted by Crippen LogP contribution is 2.24. The quantitative estimate of drug-likeness (QED) is 0.576. The molecule has 4 aromatic rings. The van der Waals surface area contributed by atoms with Crippen LogP contribution in [0.25, 0.3) is 28.3 Å². The van der Waals surface area contributed by atoms with E-state index in [0.717, 1.165) is 28.1 Å². The number of fused-ring (bicyclic) bond motifs is 1. The zero-order valence-electron chi connectivity index (χ0n) is 12.6. The Bertz CT molecular complexity index is 989. The minimum atomic E-state index is 0.685. The fourth-order valence-electron chi connectivity index (χ4n) is 2.51. The minimum Gasteiger partial charge on any atom is -0.398 e. The molecular formula is C18H15N5. The fourth-order valence-corrected chi connectivity index (χ4v) is 2.51. The van der Waals surface area contributed by atoms with Crippen LogP contribution in [0.2, 0.25) is 0 Å². The third-order valence-corrected chi connectivity index (χ3v) is 3.87. The van der Waals surface area contributed by atoms with Crippen LogP contribution >= 0.6 is 0 Å². The summed E-state index contributed by atoms with van der Waals surface area (Å²) >= 11 is 0. The summed E-state index contributed by atoms with van der Waals surface area (Å²) in [5.41, 5.74) is 11.3. The minimum absolute atomic E-state index is 0.685. The van der Waals surface area contributed by atoms with Crippen molar-refractivity contribution in [3.05, 3.63) is 66.2 Å². The molecule has 2 aromatic carbocycles. The average Bonchev–Trinajstić information content (AvgIpc) is 3.01. The molecule has 0 aliphatic rings. The molecule has 0 saturated carbocycles. The van der Waals surface area contributed by atoms with Crippen LogP contribution in [0.15, 0.2) is 60.7 Å². The molecule has 0 spiro atoms. The summed E-state index contributed by atoms with van der Waals surface area (Å²) in [4.78, 5) is 0. The Morgan fingerprint density at radius 1 is 0.870 bits per heavy atom. The Morgan fingerprint density at radius 3 is 2.48 bits per heavy atom. The van der Waals surface area contributed by atoms with E-state index in [1.165, 1.54) is 0 Å². The van der Waals surface area contributed by atoms with E-state index in [2.05, 4.69) is 15.3 Å². The highest BCUT2D eigenvalue weighted by molar-refractivity contribution is 5.67. The lowest BCUT2D eigenvalue weighted by atomic mass is 10.1. The predicted molar refractivity (Wildman–Crippen MR) is 90.8 cm³/mol. The Hall–Kier alpha value is -3.21. The van der Waals surface area contributed by atoms with Gasteiger partial charge in [-0.15, -0.1) is 10.2 Å². The predicted octanol–water partition coefficient (Wildman–Crippen LogP) is 3.35. The number of hydrogen-bond donors (Lipinski definition) is 1. The van der Waals surface area contributed by atoms with Crippen LogP contribution in [0, 0.1) is 6.92 Å². The van der Waals surface area contributed by atoms with Crippen LogP contribution in [0.5, 0.6) is 0 Å². The molecule has 0 aliphatic carbocycles. The molecule has 0 saturated heterocycles. The van der Waals surface area contributed by atoms with Crippen LogP contribution in [0.4, 0.5) is 5.69 Å². The molecule has 2 N–H and O–H groups in total. The van der Waals surface area contributed by atoms with Crippen LogP contribution in [-0.4, -0.2) is 19.8 Å². The maximum atomic E-state index is 6.01. The Balaban J connectivity index is 1.89. The van der Waals surface area contributed by atoms with Crippen molar-refractivity contribution in [2.75, 3.05) is 5.73 Å². The first-order valence-corrected chi connectivity index (χ1v) is 7.37. The van der Waals surface area contributed by atoms with Gasteiger partial charge >= 0.3 is 0 Å². The lowest BCUT2D eigenvalue weighted by Crippen LogP contribution is -1.98. The standard InChI is InChI=1S/C18H15N5/c1-12-7-8-14(11-15(12)19)18-21-20-17-10-9-16(22-23(17)18)13-5-3-2-4-6-13/h2-11H,19H2,1H3. The van der Waals surface area contributed by atoms with Gasteiger partial charge in [-0.2, -0.15) is 9.61 Å². The van der Waals surface area contributed by atoms with E-state index in [1.54, 1.807) is 4.52 Å². The van der Waals surface area contributed by atoms with Crippen LogP contribution in [0.1, 0.15) is 5.56 Å². The van der Waals surface area contributed by atoms with E-state index in [0.29, 0.717) is 11.5 Å². The van der Waals surface area contributed by atoms with Gasteiger partial charge in [0.2, 0.25) is 0 Å². The van der Waals surface area contributed by atoms with Crippen LogP contribution in [-0.2, 0) is 0 Å². The van der Waals surface area contributed by atoms with Crippen molar-refractivity contribution in [1.29, 1.82) is 0 Å². The number of nitrogen functional groups attached to an aromatic ring is 1. The highest BCUT2D eigenvalue weighted by atomic mass is 15.4. The molecule has 0 amide bonds. The number of aromatic nitrogens is 4. The number of hydrogen-bond acceptors (Lipinski definition) is 4. The van der Waals surface area contributed by atoms with Crippen molar-refractivity contribution in [2.24, 2.45) is 0 Å². The van der Waals surface area contributed by atoms with E-state index >= 15 is 0 Å². The smallest absolute Gasteiger partial charge is 0.185 e. The summed E-state index contributed by atoms with van der Waals surface area (Å²) in [5.74, 6) is 0.685. The average molecular weight is 301 g/mol. The number of nitrogens with two attached hydrogens (primary N) is 1. The van der Waals surface area contributed by atoms with E-state index < -0.39 is 0 Å². The largest absolute Gasteiger partial charge is 0.398 e. The van der Waals surface area contributed by atoms with Gasteiger partial charge in [0.05, 0.1) is 5.69 Å². The van der Waals surface area contributed by atoms with Gasteiger partial charge in [-0.05, 0) is 30.7 Å². The van der Waals surface area contributed by atoms with Gasteiger partial charge in [0.15, 0.2) is 11.5 Å². The second kappa shape index (κ2) is 5.21. The zero-order chi connectivity index (χ0) is 15.8. The molecule has 0 radical (unpaired) electrons. The summed E-state index contributed by atoms with van der Waals surface area (Å²) in [6, 6.07) is 19.8. The number of anilines is 1. The number of nitrogens with zero attached hydrogens (tertiary/aromatic N) is 4. The highest BCUT2D eigenvalue weighted by Gasteiger charge is 2.11. The molecule has 0 aliphatic heterocycles. The number of aryl methyl sites for hydroxylation is 1. The normalized spacial score (nSPS) is 11.0. The molecule has 0 atom stereocenters. The summed E-state index contributed by atoms with van der Waals surface area (Å²) in [6.45, 7) is 1.98. The van der Waals surface area contributed by atoms with Gasteiger partial charge in [0.1, 0.15) is 0 Å². The van der Waals surface area contributed by atoms with Gasteiger partial charge in [0.25, 0.3) is 0 Å². The second-order valence-corrected chi connectivity index (χ2v) is 5.45. The first-order valence-electron chi connectivity index (χ1n) is 7.37. The van der Waals surface area contributed by atoms with Gasteiger partial charge in [-0.1, -0.05) is 42.5 Å². The molecule has 23 heavy (non-hydrogen) atoms.